The van der Waals surface area contributed by atoms with Crippen molar-refractivity contribution in [2.45, 2.75) is 19.9 Å². The third kappa shape index (κ3) is 2.65. The SMILES string of the molecule is Cc1ccc(-c2nn(CCCO)c(N)c2C(N)=O)cc1. The molecule has 0 aliphatic rings. The van der Waals surface area contributed by atoms with Crippen LogP contribution in [0.3, 0.4) is 0 Å². The minimum absolute atomic E-state index is 0.0328. The van der Waals surface area contributed by atoms with E-state index in [9.17, 15) is 4.79 Å². The topological polar surface area (TPSA) is 107 Å². The summed E-state index contributed by atoms with van der Waals surface area (Å²) in [5.74, 6) is -0.366. The second kappa shape index (κ2) is 5.75. The lowest BCUT2D eigenvalue weighted by atomic mass is 10.1. The van der Waals surface area contributed by atoms with E-state index in [2.05, 4.69) is 5.10 Å². The lowest BCUT2D eigenvalue weighted by Crippen LogP contribution is -2.14. The van der Waals surface area contributed by atoms with Gasteiger partial charge in [0.25, 0.3) is 5.91 Å². The van der Waals surface area contributed by atoms with Gasteiger partial charge in [-0.1, -0.05) is 29.8 Å². The molecule has 1 heterocycles. The van der Waals surface area contributed by atoms with Crippen LogP contribution >= 0.6 is 0 Å². The number of nitrogens with two attached hydrogens (primary N) is 2. The average Bonchev–Trinajstić information content (AvgIpc) is 2.74. The molecule has 0 unspecified atom stereocenters. The summed E-state index contributed by atoms with van der Waals surface area (Å²) in [5.41, 5.74) is 13.9. The van der Waals surface area contributed by atoms with E-state index in [-0.39, 0.29) is 18.0 Å². The van der Waals surface area contributed by atoms with Gasteiger partial charge in [0, 0.05) is 18.7 Å². The molecule has 0 bridgehead atoms. The summed E-state index contributed by atoms with van der Waals surface area (Å²) in [5, 5.41) is 13.2. The number of hydrogen-bond donors (Lipinski definition) is 3. The number of nitrogens with zero attached hydrogens (tertiary/aromatic N) is 2. The first kappa shape index (κ1) is 14.1. The molecule has 0 saturated carbocycles. The summed E-state index contributed by atoms with van der Waals surface area (Å²) in [6.07, 6.45) is 0.511. The van der Waals surface area contributed by atoms with Crippen LogP contribution in [-0.4, -0.2) is 27.4 Å². The summed E-state index contributed by atoms with van der Waals surface area (Å²) in [6.45, 7) is 2.45. The lowest BCUT2D eigenvalue weighted by molar-refractivity contribution is 0.100. The first-order valence-electron chi connectivity index (χ1n) is 6.38. The first-order valence-corrected chi connectivity index (χ1v) is 6.38. The minimum Gasteiger partial charge on any atom is -0.396 e. The third-order valence-corrected chi connectivity index (χ3v) is 3.09. The van der Waals surface area contributed by atoms with Gasteiger partial charge in [-0.3, -0.25) is 4.79 Å². The molecule has 1 aromatic heterocycles. The first-order chi connectivity index (χ1) is 9.54. The molecule has 6 heteroatoms. The highest BCUT2D eigenvalue weighted by atomic mass is 16.3. The van der Waals surface area contributed by atoms with Crippen LogP contribution in [0.2, 0.25) is 0 Å². The van der Waals surface area contributed by atoms with E-state index in [0.29, 0.717) is 18.7 Å². The van der Waals surface area contributed by atoms with Gasteiger partial charge >= 0.3 is 0 Å². The predicted molar refractivity (Wildman–Crippen MR) is 77.0 cm³/mol. The molecular formula is C14H18N4O2. The number of amides is 1. The summed E-state index contributed by atoms with van der Waals surface area (Å²) in [4.78, 5) is 11.6. The highest BCUT2D eigenvalue weighted by Crippen LogP contribution is 2.27. The second-order valence-corrected chi connectivity index (χ2v) is 4.64. The maximum Gasteiger partial charge on any atom is 0.254 e. The molecule has 0 radical (unpaired) electrons. The van der Waals surface area contributed by atoms with Crippen molar-refractivity contribution in [3.8, 4) is 11.3 Å². The molecule has 1 aromatic carbocycles. The number of aliphatic hydroxyl groups is 1. The summed E-state index contributed by atoms with van der Waals surface area (Å²) in [6, 6.07) is 7.62. The minimum atomic E-state index is -0.603. The largest absolute Gasteiger partial charge is 0.396 e. The molecule has 0 fully saturated rings. The summed E-state index contributed by atoms with van der Waals surface area (Å²) >= 11 is 0. The molecule has 0 atom stereocenters. The number of carbonyl (C=O) groups is 1. The standard InChI is InChI=1S/C14H18N4O2/c1-9-3-5-10(6-4-9)12-11(14(16)20)13(15)18(17-12)7-2-8-19/h3-6,19H,2,7-8,15H2,1H3,(H2,16,20). The van der Waals surface area contributed by atoms with Gasteiger partial charge in [-0.15, -0.1) is 0 Å². The monoisotopic (exact) mass is 274 g/mol. The molecule has 2 rings (SSSR count). The lowest BCUT2D eigenvalue weighted by Gasteiger charge is -2.01. The zero-order valence-corrected chi connectivity index (χ0v) is 11.3. The maximum atomic E-state index is 11.6. The average molecular weight is 274 g/mol. The number of aliphatic hydroxyl groups excluding tert-OH is 1. The van der Waals surface area contributed by atoms with Crippen LogP contribution in [0.15, 0.2) is 24.3 Å². The van der Waals surface area contributed by atoms with E-state index >= 15 is 0 Å². The van der Waals surface area contributed by atoms with Crippen LogP contribution in [0.25, 0.3) is 11.3 Å². The van der Waals surface area contributed by atoms with E-state index in [1.54, 1.807) is 0 Å². The van der Waals surface area contributed by atoms with Crippen molar-refractivity contribution in [1.29, 1.82) is 0 Å². The Balaban J connectivity index is 2.50. The molecule has 6 nitrogen and oxygen atoms in total. The molecule has 2 aromatic rings. The van der Waals surface area contributed by atoms with Crippen molar-refractivity contribution in [3.63, 3.8) is 0 Å². The Hall–Kier alpha value is -2.34. The Bertz CT molecular complexity index is 617. The van der Waals surface area contributed by atoms with Crippen molar-refractivity contribution < 1.29 is 9.90 Å². The summed E-state index contributed by atoms with van der Waals surface area (Å²) in [7, 11) is 0. The van der Waals surface area contributed by atoms with Crippen molar-refractivity contribution in [2.75, 3.05) is 12.3 Å². The fraction of sp³-hybridized carbons (Fsp3) is 0.286. The van der Waals surface area contributed by atoms with E-state index in [1.807, 2.05) is 31.2 Å². The molecule has 1 amide bonds. The van der Waals surface area contributed by atoms with E-state index < -0.39 is 5.91 Å². The Kier molecular flexibility index (Phi) is 4.05. The maximum absolute atomic E-state index is 11.6. The van der Waals surface area contributed by atoms with Gasteiger partial charge in [0.1, 0.15) is 17.1 Å². The number of anilines is 1. The zero-order valence-electron chi connectivity index (χ0n) is 11.3. The fourth-order valence-corrected chi connectivity index (χ4v) is 2.02. The normalized spacial score (nSPS) is 10.7. The van der Waals surface area contributed by atoms with Crippen LogP contribution in [0.5, 0.6) is 0 Å². The zero-order chi connectivity index (χ0) is 14.7. The van der Waals surface area contributed by atoms with Gasteiger partial charge in [-0.2, -0.15) is 5.10 Å². The molecule has 0 aliphatic heterocycles. The van der Waals surface area contributed by atoms with E-state index in [1.165, 1.54) is 4.68 Å². The number of aryl methyl sites for hydroxylation is 2. The number of carbonyl (C=O) groups excluding carboxylic acids is 1. The fourth-order valence-electron chi connectivity index (χ4n) is 2.02. The van der Waals surface area contributed by atoms with Gasteiger partial charge in [0.2, 0.25) is 0 Å². The van der Waals surface area contributed by atoms with Crippen LogP contribution in [0, 0.1) is 6.92 Å². The van der Waals surface area contributed by atoms with Crippen LogP contribution in [0.1, 0.15) is 22.3 Å². The number of benzene rings is 1. The van der Waals surface area contributed by atoms with Crippen molar-refractivity contribution >= 4 is 11.7 Å². The van der Waals surface area contributed by atoms with Crippen molar-refractivity contribution in [3.05, 3.63) is 35.4 Å². The highest BCUT2D eigenvalue weighted by molar-refractivity contribution is 6.03. The van der Waals surface area contributed by atoms with Crippen LogP contribution < -0.4 is 11.5 Å². The quantitative estimate of drug-likeness (QED) is 0.753. The molecule has 20 heavy (non-hydrogen) atoms. The number of nitrogen functional groups attached to an aromatic ring is 1. The number of rotatable bonds is 5. The smallest absolute Gasteiger partial charge is 0.254 e. The van der Waals surface area contributed by atoms with Gasteiger partial charge in [-0.25, -0.2) is 4.68 Å². The molecule has 0 spiro atoms. The van der Waals surface area contributed by atoms with E-state index in [0.717, 1.165) is 11.1 Å². The molecule has 106 valence electrons. The third-order valence-electron chi connectivity index (χ3n) is 3.09. The number of aromatic nitrogens is 2. The van der Waals surface area contributed by atoms with Crippen molar-refractivity contribution in [1.82, 2.24) is 9.78 Å². The van der Waals surface area contributed by atoms with Gasteiger partial charge in [-0.05, 0) is 13.3 Å². The second-order valence-electron chi connectivity index (χ2n) is 4.64. The van der Waals surface area contributed by atoms with Crippen LogP contribution in [-0.2, 0) is 6.54 Å². The van der Waals surface area contributed by atoms with Gasteiger partial charge < -0.3 is 16.6 Å². The Morgan fingerprint density at radius 3 is 2.55 bits per heavy atom. The van der Waals surface area contributed by atoms with E-state index in [4.69, 9.17) is 16.6 Å². The molecule has 0 aliphatic carbocycles. The Labute approximate surface area is 117 Å². The molecule has 0 saturated heterocycles. The Morgan fingerprint density at radius 1 is 1.35 bits per heavy atom. The van der Waals surface area contributed by atoms with Crippen molar-refractivity contribution in [2.24, 2.45) is 5.73 Å². The summed E-state index contributed by atoms with van der Waals surface area (Å²) < 4.78 is 1.51. The number of hydrogen-bond acceptors (Lipinski definition) is 4. The molecule has 5 N–H and O–H groups in total. The highest BCUT2D eigenvalue weighted by Gasteiger charge is 2.21. The molecular weight excluding hydrogens is 256 g/mol. The van der Waals surface area contributed by atoms with Gasteiger partial charge in [0.05, 0.1) is 0 Å². The Morgan fingerprint density at radius 2 is 2.00 bits per heavy atom. The van der Waals surface area contributed by atoms with Crippen LogP contribution in [0.4, 0.5) is 5.82 Å². The predicted octanol–water partition coefficient (Wildman–Crippen LogP) is 0.922. The number of primary amides is 1. The van der Waals surface area contributed by atoms with Gasteiger partial charge in [0.15, 0.2) is 0 Å².